The van der Waals surface area contributed by atoms with Crippen molar-refractivity contribution >= 4 is 17.4 Å². The highest BCUT2D eigenvalue weighted by Gasteiger charge is 2.41. The van der Waals surface area contributed by atoms with Crippen molar-refractivity contribution in [1.82, 2.24) is 4.90 Å². The van der Waals surface area contributed by atoms with Gasteiger partial charge in [0.15, 0.2) is 17.9 Å². The molecule has 3 heterocycles. The molecule has 3 unspecified atom stereocenters. The average molecular weight is 601 g/mol. The van der Waals surface area contributed by atoms with Gasteiger partial charge in [0.1, 0.15) is 0 Å². The molecule has 3 aromatic carbocycles. The largest absolute Gasteiger partial charge is 0.392 e. The number of ketones is 1. The van der Waals surface area contributed by atoms with Crippen molar-refractivity contribution in [2.45, 2.75) is 63.5 Å². The van der Waals surface area contributed by atoms with Crippen molar-refractivity contribution in [1.29, 1.82) is 0 Å². The molecular formula is C35H40N2O7. The molecule has 3 atom stereocenters. The van der Waals surface area contributed by atoms with E-state index in [2.05, 4.69) is 10.2 Å². The predicted molar refractivity (Wildman–Crippen MR) is 164 cm³/mol. The summed E-state index contributed by atoms with van der Waals surface area (Å²) in [6.45, 7) is 5.39. The fourth-order valence-electron chi connectivity index (χ4n) is 6.18. The SMILES string of the molecule is CC(=O)c1cccc(NC(=O)Cc2ccc(C3OC(CN4CCC5(CC4)OCCO5)CC(c4ccc(CO)cc4)O3)cc2)c1. The van der Waals surface area contributed by atoms with Crippen LogP contribution in [0, 0.1) is 0 Å². The van der Waals surface area contributed by atoms with Crippen LogP contribution in [0.4, 0.5) is 5.69 Å². The second-order valence-electron chi connectivity index (χ2n) is 11.9. The van der Waals surface area contributed by atoms with Crippen molar-refractivity contribution in [2.75, 3.05) is 38.2 Å². The van der Waals surface area contributed by atoms with Gasteiger partial charge in [-0.2, -0.15) is 0 Å². The number of piperidine rings is 1. The van der Waals surface area contributed by atoms with Crippen LogP contribution in [0.25, 0.3) is 0 Å². The third-order valence-electron chi connectivity index (χ3n) is 8.68. The Hall–Kier alpha value is -3.44. The molecule has 3 saturated heterocycles. The number of aliphatic hydroxyl groups is 1. The van der Waals surface area contributed by atoms with Crippen LogP contribution in [0.5, 0.6) is 0 Å². The maximum atomic E-state index is 12.7. The van der Waals surface area contributed by atoms with Crippen molar-refractivity contribution in [3.8, 4) is 0 Å². The zero-order valence-corrected chi connectivity index (χ0v) is 25.1. The first-order valence-corrected chi connectivity index (χ1v) is 15.4. The van der Waals surface area contributed by atoms with Gasteiger partial charge >= 0.3 is 0 Å². The highest BCUT2D eigenvalue weighted by molar-refractivity contribution is 5.97. The number of nitrogens with one attached hydrogen (secondary N) is 1. The van der Waals surface area contributed by atoms with Crippen LogP contribution >= 0.6 is 0 Å². The Bertz CT molecular complexity index is 1430. The lowest BCUT2D eigenvalue weighted by Gasteiger charge is -2.41. The average Bonchev–Trinajstić information content (AvgIpc) is 3.50. The Morgan fingerprint density at radius 1 is 0.909 bits per heavy atom. The van der Waals surface area contributed by atoms with Crippen LogP contribution in [0.1, 0.15) is 71.2 Å². The molecule has 3 aromatic rings. The van der Waals surface area contributed by atoms with Crippen molar-refractivity contribution in [3.63, 3.8) is 0 Å². The summed E-state index contributed by atoms with van der Waals surface area (Å²) in [7, 11) is 0. The van der Waals surface area contributed by atoms with E-state index in [1.807, 2.05) is 48.5 Å². The summed E-state index contributed by atoms with van der Waals surface area (Å²) in [4.78, 5) is 26.8. The first kappa shape index (κ1) is 30.6. The van der Waals surface area contributed by atoms with Gasteiger partial charge in [0, 0.05) is 55.7 Å². The number of nitrogens with zero attached hydrogens (tertiary/aromatic N) is 1. The molecule has 9 heteroatoms. The van der Waals surface area contributed by atoms with Gasteiger partial charge in [-0.15, -0.1) is 0 Å². The van der Waals surface area contributed by atoms with E-state index in [0.29, 0.717) is 30.9 Å². The topological polar surface area (TPSA) is 107 Å². The molecule has 0 aliphatic carbocycles. The minimum Gasteiger partial charge on any atom is -0.392 e. The first-order valence-electron chi connectivity index (χ1n) is 15.4. The number of rotatable bonds is 9. The molecule has 9 nitrogen and oxygen atoms in total. The van der Waals surface area contributed by atoms with E-state index < -0.39 is 12.1 Å². The van der Waals surface area contributed by atoms with Gasteiger partial charge in [-0.1, -0.05) is 60.7 Å². The van der Waals surface area contributed by atoms with Gasteiger partial charge in [0.2, 0.25) is 5.91 Å². The minimum absolute atomic E-state index is 0.000777. The third-order valence-corrected chi connectivity index (χ3v) is 8.68. The van der Waals surface area contributed by atoms with E-state index in [4.69, 9.17) is 18.9 Å². The lowest BCUT2D eigenvalue weighted by atomic mass is 9.98. The number of Topliss-reactive ketones (excluding diaryl/α,β-unsaturated/α-hetero) is 1. The maximum Gasteiger partial charge on any atom is 0.228 e. The van der Waals surface area contributed by atoms with E-state index >= 15 is 0 Å². The molecule has 3 aliphatic heterocycles. The van der Waals surface area contributed by atoms with Crippen molar-refractivity contribution < 1.29 is 33.6 Å². The van der Waals surface area contributed by atoms with E-state index in [0.717, 1.165) is 54.7 Å². The fourth-order valence-corrected chi connectivity index (χ4v) is 6.18. The van der Waals surface area contributed by atoms with E-state index in [1.165, 1.54) is 6.92 Å². The van der Waals surface area contributed by atoms with Crippen LogP contribution in [-0.4, -0.2) is 66.4 Å². The summed E-state index contributed by atoms with van der Waals surface area (Å²) in [6.07, 6.45) is 1.83. The Kier molecular flexibility index (Phi) is 9.51. The second kappa shape index (κ2) is 13.7. The Morgan fingerprint density at radius 2 is 1.59 bits per heavy atom. The number of hydrogen-bond acceptors (Lipinski definition) is 8. The van der Waals surface area contributed by atoms with Gasteiger partial charge < -0.3 is 34.3 Å². The summed E-state index contributed by atoms with van der Waals surface area (Å²) >= 11 is 0. The number of anilines is 1. The Balaban J connectivity index is 1.12. The van der Waals surface area contributed by atoms with Crippen LogP contribution in [0.3, 0.4) is 0 Å². The zero-order chi connectivity index (χ0) is 30.5. The zero-order valence-electron chi connectivity index (χ0n) is 25.1. The van der Waals surface area contributed by atoms with Gasteiger partial charge in [0.25, 0.3) is 0 Å². The van der Waals surface area contributed by atoms with Crippen LogP contribution in [0.2, 0.25) is 0 Å². The molecule has 1 spiro atoms. The van der Waals surface area contributed by atoms with E-state index in [9.17, 15) is 14.7 Å². The number of carbonyl (C=O) groups excluding carboxylic acids is 2. The predicted octanol–water partition coefficient (Wildman–Crippen LogP) is 4.95. The number of ether oxygens (including phenoxy) is 4. The Morgan fingerprint density at radius 3 is 2.27 bits per heavy atom. The molecular weight excluding hydrogens is 560 g/mol. The highest BCUT2D eigenvalue weighted by Crippen LogP contribution is 2.39. The molecule has 6 rings (SSSR count). The molecule has 44 heavy (non-hydrogen) atoms. The fraction of sp³-hybridized carbons (Fsp3) is 0.429. The van der Waals surface area contributed by atoms with E-state index in [-0.39, 0.29) is 36.9 Å². The van der Waals surface area contributed by atoms with Gasteiger partial charge in [-0.25, -0.2) is 0 Å². The molecule has 0 aromatic heterocycles. The number of aliphatic hydroxyl groups excluding tert-OH is 1. The quantitative estimate of drug-likeness (QED) is 0.333. The summed E-state index contributed by atoms with van der Waals surface area (Å²) in [6, 6.07) is 22.6. The minimum atomic E-state index is -0.564. The van der Waals surface area contributed by atoms with Gasteiger partial charge in [-0.05, 0) is 35.7 Å². The van der Waals surface area contributed by atoms with Gasteiger partial charge in [0.05, 0.1) is 38.4 Å². The van der Waals surface area contributed by atoms with Crippen LogP contribution in [0.15, 0.2) is 72.8 Å². The van der Waals surface area contributed by atoms with E-state index in [1.54, 1.807) is 24.3 Å². The standard InChI is InChI=1S/C35H40N2O7/c1-24(39)29-3-2-4-30(20-29)36-33(40)19-25-5-11-28(12-6-25)34-43-31(21-32(44-34)27-9-7-26(23-38)8-10-27)22-37-15-13-35(14-16-37)41-17-18-42-35/h2-12,20,31-32,34,38H,13-19,21-23H2,1H3,(H,36,40). The molecule has 0 bridgehead atoms. The first-order chi connectivity index (χ1) is 21.4. The summed E-state index contributed by atoms with van der Waals surface area (Å²) in [5, 5.41) is 12.4. The van der Waals surface area contributed by atoms with Crippen molar-refractivity contribution in [2.24, 2.45) is 0 Å². The molecule has 3 fully saturated rings. The highest BCUT2D eigenvalue weighted by atomic mass is 16.7. The second-order valence-corrected chi connectivity index (χ2v) is 11.9. The lowest BCUT2D eigenvalue weighted by Crippen LogP contribution is -2.48. The maximum absolute atomic E-state index is 12.7. The van der Waals surface area contributed by atoms with Crippen molar-refractivity contribution in [3.05, 3.63) is 101 Å². The smallest absolute Gasteiger partial charge is 0.228 e. The monoisotopic (exact) mass is 600 g/mol. The molecule has 0 radical (unpaired) electrons. The number of benzene rings is 3. The van der Waals surface area contributed by atoms with Gasteiger partial charge in [-0.3, -0.25) is 9.59 Å². The number of carbonyl (C=O) groups is 2. The number of amides is 1. The molecule has 3 aliphatic rings. The normalized spacial score (nSPS) is 23.5. The summed E-state index contributed by atoms with van der Waals surface area (Å²) < 4.78 is 24.9. The molecule has 1 amide bonds. The molecule has 2 N–H and O–H groups in total. The summed E-state index contributed by atoms with van der Waals surface area (Å²) in [5.41, 5.74) is 4.80. The lowest BCUT2D eigenvalue weighted by molar-refractivity contribution is -0.255. The number of hydrogen-bond donors (Lipinski definition) is 2. The summed E-state index contributed by atoms with van der Waals surface area (Å²) in [5.74, 6) is -0.621. The third kappa shape index (κ3) is 7.43. The molecule has 232 valence electrons. The Labute approximate surface area is 258 Å². The molecule has 0 saturated carbocycles. The van der Waals surface area contributed by atoms with Crippen LogP contribution in [-0.2, 0) is 36.8 Å². The van der Waals surface area contributed by atoms with Crippen LogP contribution < -0.4 is 5.32 Å². The number of likely N-dealkylation sites (tertiary alicyclic amines) is 1.